The fourth-order valence-corrected chi connectivity index (χ4v) is 3.64. The molecule has 1 heterocycles. The molecule has 1 aliphatic carbocycles. The third-order valence-corrected chi connectivity index (χ3v) is 4.83. The fraction of sp³-hybridized carbons (Fsp3) is 0.588. The number of barbiturate groups is 1. The van der Waals surface area contributed by atoms with Crippen molar-refractivity contribution in [1.29, 1.82) is 0 Å². The number of allylic oxidation sites excluding steroid dienone is 1. The Morgan fingerprint density at radius 1 is 1.26 bits per heavy atom. The van der Waals surface area contributed by atoms with E-state index in [4.69, 9.17) is 11.5 Å². The van der Waals surface area contributed by atoms with E-state index in [1.807, 2.05) is 0 Å². The van der Waals surface area contributed by atoms with E-state index >= 15 is 0 Å². The Morgan fingerprint density at radius 2 is 1.89 bits per heavy atom. The first-order chi connectivity index (χ1) is 12.3. The largest absolute Gasteiger partial charge is 0.369 e. The van der Waals surface area contributed by atoms with Crippen LogP contribution in [-0.4, -0.2) is 40.5 Å². The summed E-state index contributed by atoms with van der Waals surface area (Å²) in [6, 6.07) is -0.839. The number of hydrogen-bond acceptors (Lipinski definition) is 5. The van der Waals surface area contributed by atoms with Crippen molar-refractivity contribution >= 4 is 41.9 Å². The van der Waals surface area contributed by atoms with Crippen LogP contribution in [0.2, 0.25) is 0 Å². The number of nitrogens with two attached hydrogens (primary N) is 2. The molecule has 1 aliphatic heterocycles. The molecule has 1 atom stereocenters. The first kappa shape index (κ1) is 22.6. The number of carbonyl (C=O) groups is 3. The Morgan fingerprint density at radius 3 is 2.44 bits per heavy atom. The van der Waals surface area contributed by atoms with Gasteiger partial charge in [0.05, 0.1) is 0 Å². The van der Waals surface area contributed by atoms with Gasteiger partial charge in [-0.3, -0.25) is 19.8 Å². The third-order valence-electron chi connectivity index (χ3n) is 4.83. The molecule has 4 amide bonds. The van der Waals surface area contributed by atoms with Crippen molar-refractivity contribution in [3.8, 4) is 0 Å². The second-order valence-electron chi connectivity index (χ2n) is 6.84. The summed E-state index contributed by atoms with van der Waals surface area (Å²) in [5.41, 5.74) is 9.46. The van der Waals surface area contributed by atoms with Crippen molar-refractivity contribution < 1.29 is 14.4 Å². The van der Waals surface area contributed by atoms with Crippen LogP contribution in [0, 0.1) is 5.41 Å². The maximum Gasteiger partial charge on any atom is 0.331 e. The van der Waals surface area contributed by atoms with Crippen LogP contribution < -0.4 is 16.8 Å². The van der Waals surface area contributed by atoms with Crippen LogP contribution in [0.1, 0.15) is 51.9 Å². The molecule has 0 radical (unpaired) electrons. The van der Waals surface area contributed by atoms with Gasteiger partial charge < -0.3 is 11.5 Å². The molecule has 1 unspecified atom stereocenters. The lowest BCUT2D eigenvalue weighted by Crippen LogP contribution is -2.66. The predicted octanol–water partition coefficient (Wildman–Crippen LogP) is 1.42. The second kappa shape index (κ2) is 9.50. The number of nitrogens with one attached hydrogen (secondary N) is 1. The third kappa shape index (κ3) is 4.85. The highest BCUT2D eigenvalue weighted by atomic mass is 35.5. The smallest absolute Gasteiger partial charge is 0.331 e. The van der Waals surface area contributed by atoms with Gasteiger partial charge in [0.25, 0.3) is 0 Å². The van der Waals surface area contributed by atoms with Crippen molar-refractivity contribution in [2.24, 2.45) is 27.1 Å². The van der Waals surface area contributed by atoms with E-state index < -0.39 is 23.3 Å². The maximum absolute atomic E-state index is 13.3. The molecule has 0 aromatic heterocycles. The molecule has 2 fully saturated rings. The van der Waals surface area contributed by atoms with Crippen molar-refractivity contribution in [2.75, 3.05) is 0 Å². The van der Waals surface area contributed by atoms with Gasteiger partial charge >= 0.3 is 6.03 Å². The number of urea groups is 1. The number of imide groups is 2. The standard InChI is InChI=1S/C17H26N6O3.ClH/c1-3-9-17(10-11(2)21-22-15(18)19)13(24)20-16(26)23(14(17)25)12-7-5-4-6-8-12;/h3,12H,1,4-10H2,2H3,(H4,18,19,22)(H,20,24,26);1H/b21-11+;. The highest BCUT2D eigenvalue weighted by molar-refractivity contribution is 6.20. The molecule has 1 saturated heterocycles. The molecule has 0 spiro atoms. The minimum Gasteiger partial charge on any atom is -0.369 e. The lowest BCUT2D eigenvalue weighted by molar-refractivity contribution is -0.152. The molecule has 0 aromatic rings. The van der Waals surface area contributed by atoms with Crippen LogP contribution in [0.15, 0.2) is 22.9 Å². The molecule has 9 nitrogen and oxygen atoms in total. The highest BCUT2D eigenvalue weighted by Crippen LogP contribution is 2.36. The number of amides is 4. The van der Waals surface area contributed by atoms with Crippen LogP contribution in [-0.2, 0) is 9.59 Å². The SMILES string of the molecule is C=CCC1(C/C(C)=N/N=C(N)N)C(=O)NC(=O)N(C2CCCCC2)C1=O.Cl. The summed E-state index contributed by atoms with van der Waals surface area (Å²) in [6.45, 7) is 5.29. The lowest BCUT2D eigenvalue weighted by Gasteiger charge is -2.43. The van der Waals surface area contributed by atoms with Gasteiger partial charge in [0, 0.05) is 18.2 Å². The summed E-state index contributed by atoms with van der Waals surface area (Å²) in [5, 5.41) is 9.76. The normalized spacial score (nSPS) is 24.1. The first-order valence-corrected chi connectivity index (χ1v) is 8.74. The zero-order chi connectivity index (χ0) is 19.3. The molecule has 1 saturated carbocycles. The number of rotatable bonds is 6. The predicted molar refractivity (Wildman–Crippen MR) is 105 cm³/mol. The highest BCUT2D eigenvalue weighted by Gasteiger charge is 2.54. The van der Waals surface area contributed by atoms with Crippen LogP contribution in [0.3, 0.4) is 0 Å². The molecule has 150 valence electrons. The number of carbonyl (C=O) groups excluding carboxylic acids is 3. The average Bonchev–Trinajstić information content (AvgIpc) is 2.59. The Bertz CT molecular complexity index is 668. The van der Waals surface area contributed by atoms with E-state index in [0.717, 1.165) is 32.1 Å². The summed E-state index contributed by atoms with van der Waals surface area (Å²) >= 11 is 0. The van der Waals surface area contributed by atoms with Crippen molar-refractivity contribution in [1.82, 2.24) is 10.2 Å². The summed E-state index contributed by atoms with van der Waals surface area (Å²) in [5.74, 6) is -1.36. The van der Waals surface area contributed by atoms with Gasteiger partial charge in [-0.25, -0.2) is 4.79 Å². The molecule has 0 bridgehead atoms. The number of guanidine groups is 1. The van der Waals surface area contributed by atoms with E-state index in [0.29, 0.717) is 5.71 Å². The number of hydrogen-bond donors (Lipinski definition) is 3. The number of nitrogens with zero attached hydrogens (tertiary/aromatic N) is 3. The van der Waals surface area contributed by atoms with Crippen LogP contribution >= 0.6 is 12.4 Å². The molecule has 2 rings (SSSR count). The molecular weight excluding hydrogens is 372 g/mol. The zero-order valence-corrected chi connectivity index (χ0v) is 16.3. The summed E-state index contributed by atoms with van der Waals surface area (Å²) in [4.78, 5) is 39.5. The molecule has 5 N–H and O–H groups in total. The quantitative estimate of drug-likeness (QED) is 0.204. The molecular formula is C17H27ClN6O3. The van der Waals surface area contributed by atoms with Gasteiger partial charge in [0.1, 0.15) is 5.41 Å². The van der Waals surface area contributed by atoms with E-state index in [1.165, 1.54) is 11.0 Å². The van der Waals surface area contributed by atoms with Gasteiger partial charge in [-0.1, -0.05) is 25.3 Å². The van der Waals surface area contributed by atoms with Crippen LogP contribution in [0.25, 0.3) is 0 Å². The maximum atomic E-state index is 13.3. The average molecular weight is 399 g/mol. The summed E-state index contributed by atoms with van der Waals surface area (Å²) in [6.07, 6.45) is 6.07. The van der Waals surface area contributed by atoms with Crippen molar-refractivity contribution in [3.63, 3.8) is 0 Å². The Labute approximate surface area is 164 Å². The first-order valence-electron chi connectivity index (χ1n) is 8.74. The fourth-order valence-electron chi connectivity index (χ4n) is 3.64. The van der Waals surface area contributed by atoms with E-state index in [2.05, 4.69) is 22.1 Å². The zero-order valence-electron chi connectivity index (χ0n) is 15.4. The Hall–Kier alpha value is -2.42. The molecule has 2 aliphatic rings. The topological polar surface area (TPSA) is 143 Å². The summed E-state index contributed by atoms with van der Waals surface area (Å²) in [7, 11) is 0. The molecule has 0 aromatic carbocycles. The van der Waals surface area contributed by atoms with Gasteiger partial charge in [-0.2, -0.15) is 5.10 Å². The van der Waals surface area contributed by atoms with Gasteiger partial charge in [-0.15, -0.1) is 24.1 Å². The molecule has 27 heavy (non-hydrogen) atoms. The van der Waals surface area contributed by atoms with Crippen molar-refractivity contribution in [3.05, 3.63) is 12.7 Å². The lowest BCUT2D eigenvalue weighted by atomic mass is 9.75. The van der Waals surface area contributed by atoms with Crippen molar-refractivity contribution in [2.45, 2.75) is 57.9 Å². The minimum absolute atomic E-state index is 0. The second-order valence-corrected chi connectivity index (χ2v) is 6.84. The molecule has 10 heteroatoms. The van der Waals surface area contributed by atoms with E-state index in [-0.39, 0.29) is 37.3 Å². The van der Waals surface area contributed by atoms with Gasteiger partial charge in [-0.05, 0) is 26.2 Å². The monoisotopic (exact) mass is 398 g/mol. The van der Waals surface area contributed by atoms with Crippen LogP contribution in [0.4, 0.5) is 4.79 Å². The summed E-state index contributed by atoms with van der Waals surface area (Å²) < 4.78 is 0. The number of halogens is 1. The van der Waals surface area contributed by atoms with Crippen LogP contribution in [0.5, 0.6) is 0 Å². The van der Waals surface area contributed by atoms with E-state index in [1.54, 1.807) is 6.92 Å². The Balaban J connectivity index is 0.00000364. The van der Waals surface area contributed by atoms with Gasteiger partial charge in [0.2, 0.25) is 17.8 Å². The van der Waals surface area contributed by atoms with Gasteiger partial charge in [0.15, 0.2) is 0 Å². The van der Waals surface area contributed by atoms with E-state index in [9.17, 15) is 14.4 Å². The minimum atomic E-state index is -1.47. The Kier molecular flexibility index (Phi) is 7.96.